The molecule has 0 spiro atoms. The van der Waals surface area contributed by atoms with Crippen LogP contribution in [-0.2, 0) is 12.8 Å². The minimum Gasteiger partial charge on any atom is -0.0654 e. The third-order valence-electron chi connectivity index (χ3n) is 8.37. The number of hydrogen-bond acceptors (Lipinski definition) is 0. The second kappa shape index (κ2) is 9.15. The molecule has 0 heteroatoms. The molecular formula is C27H42. The quantitative estimate of drug-likeness (QED) is 0.446. The monoisotopic (exact) mass is 366 g/mol. The van der Waals surface area contributed by atoms with Crippen LogP contribution in [0, 0.1) is 23.7 Å². The van der Waals surface area contributed by atoms with E-state index in [1.54, 1.807) is 16.7 Å². The number of fused-ring (bicyclic) bond motifs is 2. The van der Waals surface area contributed by atoms with Crippen molar-refractivity contribution in [3.05, 3.63) is 34.9 Å². The van der Waals surface area contributed by atoms with Gasteiger partial charge in [0.2, 0.25) is 0 Å². The largest absolute Gasteiger partial charge is 0.0654 e. The summed E-state index contributed by atoms with van der Waals surface area (Å²) >= 11 is 0. The number of rotatable bonds is 6. The molecule has 2 saturated carbocycles. The fourth-order valence-electron chi connectivity index (χ4n) is 6.64. The van der Waals surface area contributed by atoms with Gasteiger partial charge in [0.25, 0.3) is 0 Å². The molecule has 0 N–H and O–H groups in total. The van der Waals surface area contributed by atoms with Gasteiger partial charge < -0.3 is 0 Å². The van der Waals surface area contributed by atoms with Crippen molar-refractivity contribution in [1.82, 2.24) is 0 Å². The number of aryl methyl sites for hydroxylation is 1. The molecule has 0 saturated heterocycles. The van der Waals surface area contributed by atoms with Crippen molar-refractivity contribution in [3.63, 3.8) is 0 Å². The zero-order valence-electron chi connectivity index (χ0n) is 18.0. The Labute approximate surface area is 168 Å². The molecule has 3 aliphatic carbocycles. The molecule has 5 unspecified atom stereocenters. The van der Waals surface area contributed by atoms with E-state index in [0.717, 1.165) is 29.6 Å². The zero-order chi connectivity index (χ0) is 18.6. The standard InChI is InChI=1S/C27H42/c1-3-4-5-6-7-21-9-11-25-19-27(15-13-23(25)17-21)26-14-12-22-16-20(2)8-10-24(22)18-26/h13,15,19-22,24,26H,3-12,14,16-18H2,1-2H3. The second-order valence-corrected chi connectivity index (χ2v) is 10.4. The highest BCUT2D eigenvalue weighted by Crippen LogP contribution is 2.47. The van der Waals surface area contributed by atoms with E-state index < -0.39 is 0 Å². The van der Waals surface area contributed by atoms with E-state index in [4.69, 9.17) is 0 Å². The van der Waals surface area contributed by atoms with Crippen LogP contribution in [0.15, 0.2) is 18.2 Å². The molecule has 0 nitrogen and oxygen atoms in total. The molecule has 27 heavy (non-hydrogen) atoms. The van der Waals surface area contributed by atoms with Gasteiger partial charge in [0, 0.05) is 0 Å². The van der Waals surface area contributed by atoms with Crippen molar-refractivity contribution in [2.75, 3.05) is 0 Å². The summed E-state index contributed by atoms with van der Waals surface area (Å²) in [7, 11) is 0. The predicted octanol–water partition coefficient (Wildman–Crippen LogP) is 8.08. The summed E-state index contributed by atoms with van der Waals surface area (Å²) in [5, 5.41) is 0. The van der Waals surface area contributed by atoms with Crippen molar-refractivity contribution in [2.45, 2.75) is 110 Å². The predicted molar refractivity (Wildman–Crippen MR) is 117 cm³/mol. The van der Waals surface area contributed by atoms with Crippen molar-refractivity contribution in [3.8, 4) is 0 Å². The average molecular weight is 367 g/mol. The van der Waals surface area contributed by atoms with Crippen molar-refractivity contribution < 1.29 is 0 Å². The van der Waals surface area contributed by atoms with Crippen LogP contribution >= 0.6 is 0 Å². The fourth-order valence-corrected chi connectivity index (χ4v) is 6.64. The van der Waals surface area contributed by atoms with E-state index in [1.165, 1.54) is 89.9 Å². The summed E-state index contributed by atoms with van der Waals surface area (Å²) in [4.78, 5) is 0. The SMILES string of the molecule is CCCCCCC1CCc2cc(C3CCC4CC(C)CCC4C3)ccc2C1. The van der Waals surface area contributed by atoms with Crippen molar-refractivity contribution in [2.24, 2.45) is 23.7 Å². The fraction of sp³-hybridized carbons (Fsp3) is 0.778. The smallest absolute Gasteiger partial charge is 0.0159 e. The highest BCUT2D eigenvalue weighted by molar-refractivity contribution is 5.36. The normalized spacial score (nSPS) is 33.3. The minimum atomic E-state index is 0.858. The first-order chi connectivity index (χ1) is 13.2. The second-order valence-electron chi connectivity index (χ2n) is 10.4. The summed E-state index contributed by atoms with van der Waals surface area (Å²) < 4.78 is 0. The summed E-state index contributed by atoms with van der Waals surface area (Å²) in [5.41, 5.74) is 5.08. The first-order valence-corrected chi connectivity index (χ1v) is 12.3. The molecule has 3 aliphatic rings. The van der Waals surface area contributed by atoms with Crippen LogP contribution in [-0.4, -0.2) is 0 Å². The molecule has 0 aliphatic heterocycles. The van der Waals surface area contributed by atoms with Gasteiger partial charge in [-0.1, -0.05) is 70.6 Å². The molecule has 0 amide bonds. The van der Waals surface area contributed by atoms with Crippen LogP contribution < -0.4 is 0 Å². The van der Waals surface area contributed by atoms with Gasteiger partial charge in [-0.25, -0.2) is 0 Å². The molecule has 5 atom stereocenters. The topological polar surface area (TPSA) is 0 Å². The third kappa shape index (κ3) is 4.80. The molecule has 0 heterocycles. The van der Waals surface area contributed by atoms with Gasteiger partial charge in [-0.2, -0.15) is 0 Å². The van der Waals surface area contributed by atoms with Gasteiger partial charge in [0.05, 0.1) is 0 Å². The van der Waals surface area contributed by atoms with E-state index >= 15 is 0 Å². The third-order valence-corrected chi connectivity index (χ3v) is 8.37. The van der Waals surface area contributed by atoms with Crippen LogP contribution in [0.1, 0.15) is 114 Å². The molecule has 150 valence electrons. The summed E-state index contributed by atoms with van der Waals surface area (Å²) in [6, 6.07) is 7.69. The Kier molecular flexibility index (Phi) is 6.62. The number of hydrogen-bond donors (Lipinski definition) is 0. The van der Waals surface area contributed by atoms with Gasteiger partial charge in [-0.15, -0.1) is 0 Å². The van der Waals surface area contributed by atoms with Crippen LogP contribution in [0.4, 0.5) is 0 Å². The Morgan fingerprint density at radius 2 is 1.70 bits per heavy atom. The zero-order valence-corrected chi connectivity index (χ0v) is 18.0. The van der Waals surface area contributed by atoms with E-state index in [2.05, 4.69) is 32.0 Å². The highest BCUT2D eigenvalue weighted by atomic mass is 14.4. The molecule has 1 aromatic carbocycles. The highest BCUT2D eigenvalue weighted by Gasteiger charge is 2.35. The summed E-state index contributed by atoms with van der Waals surface area (Å²) in [6.45, 7) is 4.79. The summed E-state index contributed by atoms with van der Waals surface area (Å²) in [5.74, 6) is 4.89. The van der Waals surface area contributed by atoms with E-state index in [0.29, 0.717) is 0 Å². The van der Waals surface area contributed by atoms with Crippen LogP contribution in [0.2, 0.25) is 0 Å². The van der Waals surface area contributed by atoms with E-state index in [9.17, 15) is 0 Å². The maximum atomic E-state index is 2.64. The van der Waals surface area contributed by atoms with Crippen LogP contribution in [0.25, 0.3) is 0 Å². The van der Waals surface area contributed by atoms with Gasteiger partial charge in [0.15, 0.2) is 0 Å². The Hall–Kier alpha value is -0.780. The minimum absolute atomic E-state index is 0.858. The van der Waals surface area contributed by atoms with Gasteiger partial charge in [-0.05, 0) is 97.6 Å². The molecule has 0 radical (unpaired) electrons. The lowest BCUT2D eigenvalue weighted by Crippen LogP contribution is -2.29. The first-order valence-electron chi connectivity index (χ1n) is 12.3. The maximum absolute atomic E-state index is 2.64. The number of benzene rings is 1. The molecule has 0 aromatic heterocycles. The molecule has 0 bridgehead atoms. The lowest BCUT2D eigenvalue weighted by Gasteiger charge is -2.41. The molecular weight excluding hydrogens is 324 g/mol. The Bertz CT molecular complexity index is 600. The average Bonchev–Trinajstić information content (AvgIpc) is 2.70. The molecule has 2 fully saturated rings. The van der Waals surface area contributed by atoms with Crippen molar-refractivity contribution in [1.29, 1.82) is 0 Å². The Balaban J connectivity index is 1.34. The van der Waals surface area contributed by atoms with Gasteiger partial charge in [0.1, 0.15) is 0 Å². The van der Waals surface area contributed by atoms with E-state index in [1.807, 2.05) is 0 Å². The maximum Gasteiger partial charge on any atom is -0.0159 e. The molecule has 4 rings (SSSR count). The molecule has 1 aromatic rings. The van der Waals surface area contributed by atoms with Gasteiger partial charge >= 0.3 is 0 Å². The van der Waals surface area contributed by atoms with E-state index in [-0.39, 0.29) is 0 Å². The lowest BCUT2D eigenvalue weighted by molar-refractivity contribution is 0.124. The van der Waals surface area contributed by atoms with Crippen LogP contribution in [0.5, 0.6) is 0 Å². The Morgan fingerprint density at radius 3 is 2.59 bits per heavy atom. The first kappa shape index (κ1) is 19.5. The number of unbranched alkanes of at least 4 members (excludes halogenated alkanes) is 3. The summed E-state index contributed by atoms with van der Waals surface area (Å²) in [6.07, 6.45) is 20.2. The van der Waals surface area contributed by atoms with Crippen LogP contribution in [0.3, 0.4) is 0 Å². The van der Waals surface area contributed by atoms with Gasteiger partial charge in [-0.3, -0.25) is 0 Å². The lowest BCUT2D eigenvalue weighted by atomic mass is 9.64. The van der Waals surface area contributed by atoms with Crippen molar-refractivity contribution >= 4 is 0 Å². The Morgan fingerprint density at radius 1 is 0.852 bits per heavy atom.